The van der Waals surface area contributed by atoms with Crippen molar-refractivity contribution in [2.24, 2.45) is 0 Å². The van der Waals surface area contributed by atoms with Crippen LogP contribution in [0.4, 0.5) is 0 Å². The van der Waals surface area contributed by atoms with Crippen LogP contribution in [0.2, 0.25) is 4.89 Å². The maximum atomic E-state index is 3.44. The summed E-state index contributed by atoms with van der Waals surface area (Å²) in [6.45, 7) is 3.44. The second-order valence-electron chi connectivity index (χ2n) is 0.418. The molecule has 0 aromatic carbocycles. The fraction of sp³-hybridized carbons (Fsp3) is 0.333. The first kappa shape index (κ1) is 4.40. The Kier molecular flexibility index (Phi) is 3.74. The Morgan fingerprint density at radius 1 is 2.00 bits per heavy atom. The zero-order chi connectivity index (χ0) is 3.41. The standard InChI is InChI=1S/C3H5.Pd/c1-3-2;/h3H,1-2H2;. The van der Waals surface area contributed by atoms with Crippen molar-refractivity contribution in [3.05, 3.63) is 12.7 Å². The normalized spacial score (nSPS) is 6.50. The molecule has 0 aromatic rings. The van der Waals surface area contributed by atoms with Gasteiger partial charge in [-0.05, 0) is 0 Å². The molecule has 0 nitrogen and oxygen atoms in total. The van der Waals surface area contributed by atoms with E-state index in [0.717, 1.165) is 4.89 Å². The molecule has 0 aliphatic carbocycles. The second-order valence-corrected chi connectivity index (χ2v) is 1.05. The van der Waals surface area contributed by atoms with Crippen LogP contribution in [-0.4, -0.2) is 0 Å². The molecule has 0 rings (SSSR count). The number of rotatable bonds is 1. The van der Waals surface area contributed by atoms with Gasteiger partial charge in [0.1, 0.15) is 0 Å². The van der Waals surface area contributed by atoms with Crippen LogP contribution >= 0.6 is 0 Å². The third-order valence-electron chi connectivity index (χ3n) is 0.0913. The summed E-state index contributed by atoms with van der Waals surface area (Å²) in [6, 6.07) is 0. The molecule has 0 aliphatic rings. The first-order chi connectivity index (χ1) is 1.91. The Labute approximate surface area is 37.3 Å². The summed E-state index contributed by atoms with van der Waals surface area (Å²) in [7, 11) is 0. The Hall–Kier alpha value is 0.402. The third kappa shape index (κ3) is 2.40. The van der Waals surface area contributed by atoms with Gasteiger partial charge in [-0.25, -0.2) is 0 Å². The van der Waals surface area contributed by atoms with Gasteiger partial charge in [0.05, 0.1) is 0 Å². The van der Waals surface area contributed by atoms with Gasteiger partial charge in [0.15, 0.2) is 0 Å². The van der Waals surface area contributed by atoms with E-state index >= 15 is 0 Å². The van der Waals surface area contributed by atoms with Crippen molar-refractivity contribution in [1.29, 1.82) is 0 Å². The van der Waals surface area contributed by atoms with E-state index in [1.807, 2.05) is 6.08 Å². The molecule has 0 unspecified atom stereocenters. The zero-order valence-corrected chi connectivity index (χ0v) is 3.86. The molecular weight excluding hydrogens is 142 g/mol. The van der Waals surface area contributed by atoms with Gasteiger partial charge < -0.3 is 0 Å². The monoisotopic (exact) mass is 147 g/mol. The number of allylic oxidation sites excluding steroid dienone is 1. The molecule has 0 spiro atoms. The first-order valence-electron chi connectivity index (χ1n) is 1.04. The first-order valence-corrected chi connectivity index (χ1v) is 2.14. The van der Waals surface area contributed by atoms with Crippen molar-refractivity contribution >= 4 is 0 Å². The average molecular weight is 147 g/mol. The van der Waals surface area contributed by atoms with Crippen LogP contribution in [0.1, 0.15) is 0 Å². The van der Waals surface area contributed by atoms with E-state index in [2.05, 4.69) is 25.8 Å². The summed E-state index contributed by atoms with van der Waals surface area (Å²) in [4.78, 5) is 0.933. The minimum atomic E-state index is 0.933. The summed E-state index contributed by atoms with van der Waals surface area (Å²) >= 11 is 2.92. The van der Waals surface area contributed by atoms with Crippen LogP contribution in [0.3, 0.4) is 0 Å². The van der Waals surface area contributed by atoms with Gasteiger partial charge in [0, 0.05) is 0 Å². The Morgan fingerprint density at radius 2 is 2.25 bits per heavy atom. The van der Waals surface area contributed by atoms with Crippen LogP contribution in [-0.2, 0) is 19.2 Å². The topological polar surface area (TPSA) is 0 Å². The molecule has 1 heteroatoms. The molecule has 0 amide bonds. The fourth-order valence-electron chi connectivity index (χ4n) is 0. The molecule has 4 heavy (non-hydrogen) atoms. The van der Waals surface area contributed by atoms with Gasteiger partial charge in [-0.15, -0.1) is 0 Å². The summed E-state index contributed by atoms with van der Waals surface area (Å²) < 4.78 is 0. The maximum absolute atomic E-state index is 3.44. The average Bonchev–Trinajstić information content (AvgIpc) is 1.37. The summed E-state index contributed by atoms with van der Waals surface area (Å²) in [5.41, 5.74) is 0. The third-order valence-corrected chi connectivity index (χ3v) is 0.540. The molecule has 0 N–H and O–H groups in total. The van der Waals surface area contributed by atoms with Crippen molar-refractivity contribution in [3.63, 3.8) is 0 Å². The van der Waals surface area contributed by atoms with E-state index in [-0.39, 0.29) is 0 Å². The molecule has 0 aliphatic heterocycles. The molecule has 0 radical (unpaired) electrons. The molecule has 0 bridgehead atoms. The molecule has 0 heterocycles. The predicted molar refractivity (Wildman–Crippen MR) is 15.0 cm³/mol. The fourth-order valence-corrected chi connectivity index (χ4v) is 0. The van der Waals surface area contributed by atoms with Gasteiger partial charge in [0.2, 0.25) is 0 Å². The zero-order valence-electron chi connectivity index (χ0n) is 2.31. The quantitative estimate of drug-likeness (QED) is 0.385. The van der Waals surface area contributed by atoms with Gasteiger partial charge in [-0.1, -0.05) is 0 Å². The van der Waals surface area contributed by atoms with Crippen LogP contribution in [0, 0.1) is 0 Å². The Bertz CT molecular complexity index is 17.2. The second kappa shape index (κ2) is 3.40. The molecule has 0 atom stereocenters. The van der Waals surface area contributed by atoms with Gasteiger partial charge >= 0.3 is 36.8 Å². The van der Waals surface area contributed by atoms with E-state index in [9.17, 15) is 0 Å². The summed E-state index contributed by atoms with van der Waals surface area (Å²) in [5.74, 6) is 0. The van der Waals surface area contributed by atoms with E-state index in [1.54, 1.807) is 0 Å². The minimum absolute atomic E-state index is 0.933. The molecular formula is C3H5Pd. The number of hydrogen-bond acceptors (Lipinski definition) is 0. The van der Waals surface area contributed by atoms with E-state index in [1.165, 1.54) is 0 Å². The molecule has 0 aromatic heterocycles. The van der Waals surface area contributed by atoms with Gasteiger partial charge in [-0.2, -0.15) is 0 Å². The van der Waals surface area contributed by atoms with Crippen molar-refractivity contribution < 1.29 is 19.2 Å². The summed E-state index contributed by atoms with van der Waals surface area (Å²) in [5, 5.41) is 0. The molecule has 27 valence electrons. The summed E-state index contributed by atoms with van der Waals surface area (Å²) in [6.07, 6.45) is 1.81. The van der Waals surface area contributed by atoms with Crippen LogP contribution < -0.4 is 0 Å². The number of hydrogen-bond donors (Lipinski definition) is 0. The molecule has 0 saturated heterocycles. The van der Waals surface area contributed by atoms with Gasteiger partial charge in [0.25, 0.3) is 0 Å². The van der Waals surface area contributed by atoms with Crippen molar-refractivity contribution in [1.82, 2.24) is 0 Å². The molecule has 0 saturated carbocycles. The SMILES string of the molecule is C=C[CH2][Pd]. The van der Waals surface area contributed by atoms with Crippen molar-refractivity contribution in [2.75, 3.05) is 0 Å². The molecule has 0 fully saturated rings. The Morgan fingerprint density at radius 3 is 2.25 bits per heavy atom. The van der Waals surface area contributed by atoms with Crippen LogP contribution in [0.25, 0.3) is 0 Å². The van der Waals surface area contributed by atoms with E-state index in [4.69, 9.17) is 0 Å². The van der Waals surface area contributed by atoms with Crippen molar-refractivity contribution in [2.45, 2.75) is 4.89 Å². The van der Waals surface area contributed by atoms with Crippen LogP contribution in [0.15, 0.2) is 12.7 Å². The van der Waals surface area contributed by atoms with E-state index < -0.39 is 0 Å². The Balaban J connectivity index is 2.30. The predicted octanol–water partition coefficient (Wildman–Crippen LogP) is 1.14. The van der Waals surface area contributed by atoms with Crippen LogP contribution in [0.5, 0.6) is 0 Å². The van der Waals surface area contributed by atoms with E-state index in [0.29, 0.717) is 0 Å². The van der Waals surface area contributed by atoms with Gasteiger partial charge in [-0.3, -0.25) is 0 Å². The van der Waals surface area contributed by atoms with Crippen molar-refractivity contribution in [3.8, 4) is 0 Å².